The van der Waals surface area contributed by atoms with Gasteiger partial charge in [0.25, 0.3) is 11.8 Å². The zero-order valence-corrected chi connectivity index (χ0v) is 24.6. The monoisotopic (exact) mass is 630 g/mol. The lowest BCUT2D eigenvalue weighted by Crippen LogP contribution is -2.71. The minimum absolute atomic E-state index is 0.0245. The first kappa shape index (κ1) is 31.1. The smallest absolute Gasteiger partial charge is 0.489 e. The molecule has 1 saturated heterocycles. The predicted molar refractivity (Wildman–Crippen MR) is 152 cm³/mol. The molecule has 2 aromatic rings. The van der Waals surface area contributed by atoms with Crippen molar-refractivity contribution < 1.29 is 43.3 Å². The third-order valence-electron chi connectivity index (χ3n) is 5.85. The van der Waals surface area contributed by atoms with Gasteiger partial charge in [-0.25, -0.2) is 14.6 Å². The number of amides is 2. The van der Waals surface area contributed by atoms with Crippen molar-refractivity contribution in [2.75, 3.05) is 18.1 Å². The van der Waals surface area contributed by atoms with E-state index in [1.54, 1.807) is 32.0 Å². The van der Waals surface area contributed by atoms with Gasteiger partial charge in [-0.3, -0.25) is 14.5 Å². The van der Waals surface area contributed by atoms with Crippen LogP contribution in [0.2, 0.25) is 0 Å². The molecule has 4 rings (SSSR count). The van der Waals surface area contributed by atoms with E-state index in [-0.39, 0.29) is 28.9 Å². The molecule has 15 nitrogen and oxygen atoms in total. The zero-order valence-electron chi connectivity index (χ0n) is 23.0. The fourth-order valence-corrected chi connectivity index (χ4v) is 5.89. The minimum Gasteiger partial charge on any atom is -0.489 e. The van der Waals surface area contributed by atoms with Gasteiger partial charge >= 0.3 is 12.1 Å². The van der Waals surface area contributed by atoms with Crippen LogP contribution in [0.25, 0.3) is 0 Å². The molecule has 1 fully saturated rings. The molecule has 2 amide bonds. The van der Waals surface area contributed by atoms with Gasteiger partial charge in [0.2, 0.25) is 6.29 Å². The minimum atomic E-state index is -1.37. The molecule has 43 heavy (non-hydrogen) atoms. The number of carbonyl (C=O) groups is 4. The number of anilines is 1. The highest BCUT2D eigenvalue weighted by Gasteiger charge is 2.55. The van der Waals surface area contributed by atoms with Crippen LogP contribution in [-0.2, 0) is 28.6 Å². The number of oxime groups is 1. The van der Waals surface area contributed by atoms with E-state index in [2.05, 4.69) is 15.5 Å². The molecule has 226 valence electrons. The van der Waals surface area contributed by atoms with Crippen molar-refractivity contribution in [3.05, 3.63) is 52.2 Å². The van der Waals surface area contributed by atoms with Crippen molar-refractivity contribution >= 4 is 57.9 Å². The van der Waals surface area contributed by atoms with E-state index >= 15 is 0 Å². The number of β-lactam (4-membered cyclic amide) rings is 1. The van der Waals surface area contributed by atoms with Gasteiger partial charge in [0.1, 0.15) is 35.2 Å². The van der Waals surface area contributed by atoms with Crippen LogP contribution >= 0.6 is 23.1 Å². The highest BCUT2D eigenvalue weighted by molar-refractivity contribution is 8.00. The average molecular weight is 631 g/mol. The summed E-state index contributed by atoms with van der Waals surface area (Å²) in [7, 11) is 0. The number of nitrogens with one attached hydrogen (secondary N) is 1. The fourth-order valence-electron chi connectivity index (χ4n) is 4.01. The Morgan fingerprint density at radius 3 is 2.70 bits per heavy atom. The zero-order chi connectivity index (χ0) is 31.3. The van der Waals surface area contributed by atoms with Crippen molar-refractivity contribution in [1.29, 1.82) is 5.26 Å². The van der Waals surface area contributed by atoms with Crippen LogP contribution < -0.4 is 15.8 Å². The SMILES string of the molecule is CC(C)OC(=O)OC(C)OC(=O)C1=C(COc2cccc(C#N)c2)CS[C@@H]2C(NC(=O)/C(=N\O)c3csc(N)n3)C(=O)N12. The van der Waals surface area contributed by atoms with Crippen molar-refractivity contribution in [3.8, 4) is 11.8 Å². The second kappa shape index (κ2) is 13.4. The third kappa shape index (κ3) is 7.16. The molecule has 2 aliphatic rings. The molecule has 3 atom stereocenters. The summed E-state index contributed by atoms with van der Waals surface area (Å²) in [6.07, 6.45) is -2.88. The predicted octanol–water partition coefficient (Wildman–Crippen LogP) is 1.96. The number of hydrogen-bond donors (Lipinski definition) is 3. The number of esters is 1. The van der Waals surface area contributed by atoms with Gasteiger partial charge in [-0.05, 0) is 32.0 Å². The summed E-state index contributed by atoms with van der Waals surface area (Å²) < 4.78 is 21.0. The number of thiazole rings is 1. The summed E-state index contributed by atoms with van der Waals surface area (Å²) in [6.45, 7) is 4.40. The Hall–Kier alpha value is -4.82. The summed E-state index contributed by atoms with van der Waals surface area (Å²) in [6, 6.07) is 7.31. The van der Waals surface area contributed by atoms with E-state index in [1.165, 1.54) is 30.1 Å². The molecule has 0 saturated carbocycles. The van der Waals surface area contributed by atoms with Gasteiger partial charge in [0.15, 0.2) is 10.8 Å². The molecule has 0 spiro atoms. The Labute approximate surface area is 253 Å². The molecule has 4 N–H and O–H groups in total. The van der Waals surface area contributed by atoms with Gasteiger partial charge in [-0.2, -0.15) is 5.26 Å². The number of carbonyl (C=O) groups excluding carboxylic acids is 4. The normalized spacial score (nSPS) is 18.6. The standard InChI is InChI=1S/C26H26N6O9S2/c1-12(2)39-26(36)41-13(3)40-24(35)20-15(9-38-16-6-4-5-14(7-16)8-27)10-42-23-19(22(34)32(20)23)30-21(33)18(31-37)17-11-43-25(28)29-17/h4-7,11-13,19,23,37H,9-10H2,1-3H3,(H2,28,29)(H,30,33)/b31-18-/t13?,19?,23-/m1/s1. The van der Waals surface area contributed by atoms with E-state index in [9.17, 15) is 24.4 Å². The van der Waals surface area contributed by atoms with Crippen molar-refractivity contribution in [1.82, 2.24) is 15.2 Å². The maximum Gasteiger partial charge on any atom is 0.511 e. The number of nitrogen functional groups attached to an aromatic ring is 1. The molecular formula is C26H26N6O9S2. The maximum atomic E-state index is 13.4. The quantitative estimate of drug-likeness (QED) is 0.0855. The van der Waals surface area contributed by atoms with Crippen LogP contribution in [0.1, 0.15) is 32.0 Å². The average Bonchev–Trinajstić information content (AvgIpc) is 3.39. The number of thioether (sulfide) groups is 1. The first-order valence-corrected chi connectivity index (χ1v) is 14.6. The molecule has 2 unspecified atom stereocenters. The molecule has 2 aliphatic heterocycles. The fraction of sp³-hybridized carbons (Fsp3) is 0.346. The summed E-state index contributed by atoms with van der Waals surface area (Å²) in [4.78, 5) is 56.5. The number of aromatic nitrogens is 1. The molecule has 17 heteroatoms. The van der Waals surface area contributed by atoms with Crippen LogP contribution in [0.5, 0.6) is 5.75 Å². The molecular weight excluding hydrogens is 604 g/mol. The van der Waals surface area contributed by atoms with Gasteiger partial charge in [-0.1, -0.05) is 11.2 Å². The Balaban J connectivity index is 1.54. The summed E-state index contributed by atoms with van der Waals surface area (Å²) in [5.41, 5.74) is 5.78. The van der Waals surface area contributed by atoms with Gasteiger partial charge in [0, 0.05) is 23.6 Å². The van der Waals surface area contributed by atoms with Crippen molar-refractivity contribution in [2.45, 2.75) is 44.6 Å². The van der Waals surface area contributed by atoms with Crippen LogP contribution in [0.3, 0.4) is 0 Å². The van der Waals surface area contributed by atoms with Crippen LogP contribution in [0, 0.1) is 11.3 Å². The second-order valence-corrected chi connectivity index (χ2v) is 11.3. The number of benzene rings is 1. The number of nitriles is 1. The lowest BCUT2D eigenvalue weighted by Gasteiger charge is -2.49. The van der Waals surface area contributed by atoms with E-state index in [0.717, 1.165) is 16.2 Å². The van der Waals surface area contributed by atoms with Crippen LogP contribution in [0.15, 0.2) is 46.1 Å². The van der Waals surface area contributed by atoms with E-state index in [0.29, 0.717) is 16.9 Å². The Morgan fingerprint density at radius 1 is 1.28 bits per heavy atom. The highest BCUT2D eigenvalue weighted by atomic mass is 32.2. The molecule has 1 aromatic heterocycles. The van der Waals surface area contributed by atoms with E-state index in [1.807, 2.05) is 6.07 Å². The maximum absolute atomic E-state index is 13.4. The Morgan fingerprint density at radius 2 is 2.05 bits per heavy atom. The van der Waals surface area contributed by atoms with Gasteiger partial charge in [-0.15, -0.1) is 23.1 Å². The molecule has 1 aromatic carbocycles. The topological polar surface area (TPSA) is 216 Å². The number of ether oxygens (including phenoxy) is 4. The summed E-state index contributed by atoms with van der Waals surface area (Å²) >= 11 is 2.28. The lowest BCUT2D eigenvalue weighted by molar-refractivity contribution is -0.169. The Kier molecular flexibility index (Phi) is 9.73. The van der Waals surface area contributed by atoms with Crippen molar-refractivity contribution in [2.24, 2.45) is 5.16 Å². The Bertz CT molecular complexity index is 1530. The largest absolute Gasteiger partial charge is 0.511 e. The number of fused-ring (bicyclic) bond motifs is 1. The van der Waals surface area contributed by atoms with Crippen molar-refractivity contribution in [3.63, 3.8) is 0 Å². The highest BCUT2D eigenvalue weighted by Crippen LogP contribution is 2.41. The number of rotatable bonds is 10. The lowest BCUT2D eigenvalue weighted by atomic mass is 10.0. The second-order valence-electron chi connectivity index (χ2n) is 9.27. The number of hydrogen-bond acceptors (Lipinski definition) is 15. The third-order valence-corrected chi connectivity index (χ3v) is 7.86. The number of nitrogens with two attached hydrogens (primary N) is 1. The van der Waals surface area contributed by atoms with E-state index in [4.69, 9.17) is 29.9 Å². The van der Waals surface area contributed by atoms with E-state index < -0.39 is 53.5 Å². The van der Waals surface area contributed by atoms with Gasteiger partial charge < -0.3 is 35.2 Å². The van der Waals surface area contributed by atoms with Crippen LogP contribution in [0.4, 0.5) is 9.93 Å². The molecule has 0 radical (unpaired) electrons. The summed E-state index contributed by atoms with van der Waals surface area (Å²) in [5.74, 6) is -1.95. The molecule has 0 bridgehead atoms. The molecule has 3 heterocycles. The number of nitrogens with zero attached hydrogens (tertiary/aromatic N) is 4. The van der Waals surface area contributed by atoms with Gasteiger partial charge in [0.05, 0.1) is 17.7 Å². The van der Waals surface area contributed by atoms with Crippen LogP contribution in [-0.4, -0.2) is 80.9 Å². The molecule has 0 aliphatic carbocycles. The first-order chi connectivity index (χ1) is 20.5. The first-order valence-electron chi connectivity index (χ1n) is 12.6. The summed E-state index contributed by atoms with van der Waals surface area (Å²) in [5, 5.41) is 24.9.